The van der Waals surface area contributed by atoms with Crippen LogP contribution >= 0.6 is 0 Å². The van der Waals surface area contributed by atoms with Crippen molar-refractivity contribution in [3.8, 4) is 0 Å². The smallest absolute Gasteiger partial charge is 0.379 e. The van der Waals surface area contributed by atoms with Crippen LogP contribution in [0.15, 0.2) is 24.3 Å². The van der Waals surface area contributed by atoms with Crippen LogP contribution < -0.4 is 5.32 Å². The first-order valence-electron chi connectivity index (χ1n) is 7.12. The molecule has 1 rings (SSSR count). The van der Waals surface area contributed by atoms with Crippen LogP contribution in [0, 0.1) is 0 Å². The van der Waals surface area contributed by atoms with Crippen molar-refractivity contribution in [2.75, 3.05) is 13.7 Å². The fraction of sp³-hybridized carbons (Fsp3) is 0.625. The van der Waals surface area contributed by atoms with Crippen LogP contribution in [-0.4, -0.2) is 25.3 Å². The van der Waals surface area contributed by atoms with Crippen molar-refractivity contribution in [2.45, 2.75) is 51.4 Å². The minimum atomic E-state index is -4.28. The first kappa shape index (κ1) is 18.0. The van der Waals surface area contributed by atoms with Gasteiger partial charge in [-0.3, -0.25) is 0 Å². The molecule has 120 valence electrons. The van der Waals surface area contributed by atoms with Crippen LogP contribution in [0.4, 0.5) is 13.2 Å². The van der Waals surface area contributed by atoms with Gasteiger partial charge in [-0.15, -0.1) is 0 Å². The van der Waals surface area contributed by atoms with Gasteiger partial charge in [0.15, 0.2) is 0 Å². The number of likely N-dealkylation sites (N-methyl/N-ethyl adjacent to an activating group) is 1. The van der Waals surface area contributed by atoms with E-state index in [1.54, 1.807) is 19.2 Å². The van der Waals surface area contributed by atoms with E-state index in [-0.39, 0.29) is 11.6 Å². The van der Waals surface area contributed by atoms with Gasteiger partial charge in [0, 0.05) is 13.2 Å². The van der Waals surface area contributed by atoms with E-state index >= 15 is 0 Å². The van der Waals surface area contributed by atoms with Gasteiger partial charge in [0.05, 0.1) is 11.2 Å². The summed E-state index contributed by atoms with van der Waals surface area (Å²) in [6, 6.07) is 5.54. The maximum Gasteiger partial charge on any atom is 0.416 e. The Kier molecular flexibility index (Phi) is 6.23. The Morgan fingerprint density at radius 2 is 1.71 bits per heavy atom. The molecule has 0 spiro atoms. The highest BCUT2D eigenvalue weighted by Gasteiger charge is 2.30. The van der Waals surface area contributed by atoms with Crippen LogP contribution in [0.2, 0.25) is 0 Å². The van der Waals surface area contributed by atoms with Gasteiger partial charge in [0.25, 0.3) is 0 Å². The summed E-state index contributed by atoms with van der Waals surface area (Å²) in [4.78, 5) is 0. The second-order valence-electron chi connectivity index (χ2n) is 5.82. The second kappa shape index (κ2) is 7.27. The van der Waals surface area contributed by atoms with E-state index < -0.39 is 11.7 Å². The van der Waals surface area contributed by atoms with E-state index in [1.807, 2.05) is 20.8 Å². The van der Waals surface area contributed by atoms with Gasteiger partial charge in [-0.1, -0.05) is 19.1 Å². The molecule has 0 radical (unpaired) electrons. The van der Waals surface area contributed by atoms with Crippen molar-refractivity contribution in [1.29, 1.82) is 0 Å². The van der Waals surface area contributed by atoms with E-state index in [9.17, 15) is 13.2 Å². The van der Waals surface area contributed by atoms with Gasteiger partial charge in [-0.25, -0.2) is 0 Å². The van der Waals surface area contributed by atoms with Crippen molar-refractivity contribution >= 4 is 0 Å². The Bertz CT molecular complexity index is 426. The molecule has 0 aliphatic rings. The quantitative estimate of drug-likeness (QED) is 0.821. The van der Waals surface area contributed by atoms with Crippen LogP contribution in [-0.2, 0) is 17.3 Å². The lowest BCUT2D eigenvalue weighted by molar-refractivity contribution is -0.137. The normalized spacial score (nSPS) is 14.2. The Balaban J connectivity index is 2.75. The average molecular weight is 303 g/mol. The lowest BCUT2D eigenvalue weighted by atomic mass is 9.93. The topological polar surface area (TPSA) is 21.3 Å². The van der Waals surface area contributed by atoms with Crippen LogP contribution in [0.25, 0.3) is 0 Å². The van der Waals surface area contributed by atoms with Gasteiger partial charge in [-0.2, -0.15) is 13.2 Å². The molecule has 0 aliphatic heterocycles. The summed E-state index contributed by atoms with van der Waals surface area (Å²) in [6.07, 6.45) is -2.81. The molecule has 1 unspecified atom stereocenters. The van der Waals surface area contributed by atoms with Crippen molar-refractivity contribution in [3.63, 3.8) is 0 Å². The molecule has 1 atom stereocenters. The molecule has 0 heterocycles. The summed E-state index contributed by atoms with van der Waals surface area (Å²) in [5, 5.41) is 3.36. The maximum absolute atomic E-state index is 12.5. The highest BCUT2D eigenvalue weighted by Crippen LogP contribution is 2.29. The third-order valence-electron chi connectivity index (χ3n) is 3.55. The highest BCUT2D eigenvalue weighted by atomic mass is 19.4. The zero-order chi connectivity index (χ0) is 16.1. The zero-order valence-corrected chi connectivity index (χ0v) is 13.1. The molecule has 0 saturated carbocycles. The van der Waals surface area contributed by atoms with E-state index in [4.69, 9.17) is 4.74 Å². The Morgan fingerprint density at radius 3 is 2.14 bits per heavy atom. The Labute approximate surface area is 124 Å². The minimum absolute atomic E-state index is 0.168. The fourth-order valence-electron chi connectivity index (χ4n) is 2.30. The average Bonchev–Trinajstić information content (AvgIpc) is 2.38. The highest BCUT2D eigenvalue weighted by molar-refractivity contribution is 5.25. The predicted octanol–water partition coefficient (Wildman–Crippen LogP) is 4.04. The lowest BCUT2D eigenvalue weighted by Crippen LogP contribution is -2.39. The first-order chi connectivity index (χ1) is 9.68. The van der Waals surface area contributed by atoms with E-state index in [0.29, 0.717) is 6.42 Å². The molecule has 0 saturated heterocycles. The molecular weight excluding hydrogens is 279 g/mol. The van der Waals surface area contributed by atoms with Gasteiger partial charge in [-0.05, 0) is 50.9 Å². The van der Waals surface area contributed by atoms with Gasteiger partial charge < -0.3 is 10.1 Å². The largest absolute Gasteiger partial charge is 0.416 e. The van der Waals surface area contributed by atoms with Crippen molar-refractivity contribution in [1.82, 2.24) is 5.32 Å². The second-order valence-corrected chi connectivity index (χ2v) is 5.82. The summed E-state index contributed by atoms with van der Waals surface area (Å²) in [5.41, 5.74) is 0.0167. The molecule has 0 amide bonds. The standard InChI is InChI=1S/C16H24F3NO/c1-5-20-14(11-15(2,3)21-4)10-12-6-8-13(9-7-12)16(17,18)19/h6-9,14,20H,5,10-11H2,1-4H3. The summed E-state index contributed by atoms with van der Waals surface area (Å²) >= 11 is 0. The molecule has 0 bridgehead atoms. The number of hydrogen-bond acceptors (Lipinski definition) is 2. The van der Waals surface area contributed by atoms with Crippen LogP contribution in [0.1, 0.15) is 38.3 Å². The Hall–Kier alpha value is -1.07. The zero-order valence-electron chi connectivity index (χ0n) is 13.1. The number of ether oxygens (including phenoxy) is 1. The molecular formula is C16H24F3NO. The molecule has 0 aromatic heterocycles. The maximum atomic E-state index is 12.5. The van der Waals surface area contributed by atoms with Gasteiger partial charge >= 0.3 is 6.18 Å². The molecule has 2 nitrogen and oxygen atoms in total. The number of methoxy groups -OCH3 is 1. The monoisotopic (exact) mass is 303 g/mol. The predicted molar refractivity (Wildman–Crippen MR) is 78.3 cm³/mol. The number of nitrogens with one attached hydrogen (secondary N) is 1. The summed E-state index contributed by atoms with van der Waals surface area (Å²) in [5.74, 6) is 0. The number of rotatable bonds is 7. The summed E-state index contributed by atoms with van der Waals surface area (Å²) in [7, 11) is 1.67. The number of alkyl halides is 3. The van der Waals surface area contributed by atoms with E-state index in [2.05, 4.69) is 5.32 Å². The third kappa shape index (κ3) is 6.06. The number of benzene rings is 1. The summed E-state index contributed by atoms with van der Waals surface area (Å²) < 4.78 is 43.1. The molecule has 1 N–H and O–H groups in total. The molecule has 5 heteroatoms. The molecule has 1 aromatic rings. The van der Waals surface area contributed by atoms with Crippen LogP contribution in [0.3, 0.4) is 0 Å². The van der Waals surface area contributed by atoms with Crippen LogP contribution in [0.5, 0.6) is 0 Å². The molecule has 21 heavy (non-hydrogen) atoms. The first-order valence-corrected chi connectivity index (χ1v) is 7.12. The lowest BCUT2D eigenvalue weighted by Gasteiger charge is -2.29. The summed E-state index contributed by atoms with van der Waals surface area (Å²) in [6.45, 7) is 6.83. The van der Waals surface area contributed by atoms with E-state index in [0.717, 1.165) is 30.7 Å². The molecule has 0 aliphatic carbocycles. The molecule has 0 fully saturated rings. The van der Waals surface area contributed by atoms with Gasteiger partial charge in [0.1, 0.15) is 0 Å². The third-order valence-corrected chi connectivity index (χ3v) is 3.55. The van der Waals surface area contributed by atoms with E-state index in [1.165, 1.54) is 0 Å². The number of hydrogen-bond donors (Lipinski definition) is 1. The fourth-order valence-corrected chi connectivity index (χ4v) is 2.30. The van der Waals surface area contributed by atoms with Crippen molar-refractivity contribution in [3.05, 3.63) is 35.4 Å². The number of halogens is 3. The van der Waals surface area contributed by atoms with Crippen molar-refractivity contribution in [2.24, 2.45) is 0 Å². The molecule has 1 aromatic carbocycles. The van der Waals surface area contributed by atoms with Crippen molar-refractivity contribution < 1.29 is 17.9 Å². The minimum Gasteiger partial charge on any atom is -0.379 e. The SMILES string of the molecule is CCNC(Cc1ccc(C(F)(F)F)cc1)CC(C)(C)OC. The van der Waals surface area contributed by atoms with Gasteiger partial charge in [0.2, 0.25) is 0 Å². The Morgan fingerprint density at radius 1 is 1.14 bits per heavy atom.